The Morgan fingerprint density at radius 1 is 0.763 bits per heavy atom. The molecule has 0 bridgehead atoms. The van der Waals surface area contributed by atoms with Gasteiger partial charge >= 0.3 is 224 Å². The molecule has 0 nitrogen and oxygen atoms in total. The molecule has 0 fully saturated rings. The van der Waals surface area contributed by atoms with E-state index in [1.807, 2.05) is 0 Å². The van der Waals surface area contributed by atoms with Gasteiger partial charge < -0.3 is 24.8 Å². The topological polar surface area (TPSA) is 0 Å². The second-order valence-corrected chi connectivity index (χ2v) is 16.0. The third-order valence-corrected chi connectivity index (χ3v) is 16.8. The van der Waals surface area contributed by atoms with Gasteiger partial charge in [0.2, 0.25) is 0 Å². The molecule has 0 heterocycles. The number of hydrogen-bond donors (Lipinski definition) is 0. The van der Waals surface area contributed by atoms with E-state index in [4.69, 9.17) is 0 Å². The van der Waals surface area contributed by atoms with E-state index in [0.717, 1.165) is 12.8 Å². The van der Waals surface area contributed by atoms with Gasteiger partial charge in [-0.3, -0.25) is 0 Å². The Morgan fingerprint density at radius 2 is 1.39 bits per heavy atom. The van der Waals surface area contributed by atoms with Crippen molar-refractivity contribution >= 4 is 12.1 Å². The van der Waals surface area contributed by atoms with E-state index in [1.165, 1.54) is 39.0 Å². The molecule has 0 saturated heterocycles. The average molecular weight is 615 g/mol. The first-order chi connectivity index (χ1) is 17.7. The summed E-state index contributed by atoms with van der Waals surface area (Å²) in [7, 11) is 0. The molecule has 3 heteroatoms. The summed E-state index contributed by atoms with van der Waals surface area (Å²) in [5, 5.41) is 0. The molecule has 190 valence electrons. The van der Waals surface area contributed by atoms with Crippen LogP contribution in [0.25, 0.3) is 16.7 Å². The molecule has 0 N–H and O–H groups in total. The summed E-state index contributed by atoms with van der Waals surface area (Å²) in [6.07, 6.45) is 4.72. The van der Waals surface area contributed by atoms with Crippen molar-refractivity contribution in [1.82, 2.24) is 0 Å². The number of rotatable bonds is 5. The number of benzene rings is 4. The summed E-state index contributed by atoms with van der Waals surface area (Å²) in [5.41, 5.74) is 11.7. The SMILES string of the molecule is CC/[C](c1ccccc1)=[Zr+2](\[C]1=C(C)C(c2ccccc2)=CC1C)[c]1cccc2c1Cc1ccccc1-2.[Cl-].[Cl-]. The van der Waals surface area contributed by atoms with Crippen molar-refractivity contribution in [2.24, 2.45) is 5.92 Å². The summed E-state index contributed by atoms with van der Waals surface area (Å²) < 4.78 is 5.14. The number of halogens is 2. The van der Waals surface area contributed by atoms with E-state index >= 15 is 0 Å². The van der Waals surface area contributed by atoms with Crippen molar-refractivity contribution in [1.29, 1.82) is 0 Å². The molecule has 6 rings (SSSR count). The summed E-state index contributed by atoms with van der Waals surface area (Å²) >= 11 is -2.51. The molecule has 0 amide bonds. The molecular formula is C35H32Cl2Zr. The molecule has 0 radical (unpaired) electrons. The molecule has 0 spiro atoms. The minimum Gasteiger partial charge on any atom is -1.00 e. The van der Waals surface area contributed by atoms with E-state index in [-0.39, 0.29) is 24.8 Å². The Labute approximate surface area is 247 Å². The van der Waals surface area contributed by atoms with Gasteiger partial charge in [0.15, 0.2) is 0 Å². The maximum Gasteiger partial charge on any atom is -1.00 e. The van der Waals surface area contributed by atoms with Crippen molar-refractivity contribution in [2.75, 3.05) is 0 Å². The summed E-state index contributed by atoms with van der Waals surface area (Å²) in [6, 6.07) is 38.4. The summed E-state index contributed by atoms with van der Waals surface area (Å²) in [5.74, 6) is 0.472. The minimum atomic E-state index is -2.51. The quantitative estimate of drug-likeness (QED) is 0.285. The van der Waals surface area contributed by atoms with Gasteiger partial charge in [-0.25, -0.2) is 0 Å². The van der Waals surface area contributed by atoms with Gasteiger partial charge in [-0.2, -0.15) is 0 Å². The Hall–Kier alpha value is -2.31. The van der Waals surface area contributed by atoms with Gasteiger partial charge in [-0.05, 0) is 0 Å². The molecular weight excluding hydrogens is 583 g/mol. The van der Waals surface area contributed by atoms with Crippen LogP contribution >= 0.6 is 0 Å². The van der Waals surface area contributed by atoms with Crippen LogP contribution in [0.4, 0.5) is 0 Å². The molecule has 2 aliphatic carbocycles. The molecule has 1 unspecified atom stereocenters. The largest absolute Gasteiger partial charge is 1.00 e. The van der Waals surface area contributed by atoms with Crippen molar-refractivity contribution < 1.29 is 46.1 Å². The van der Waals surface area contributed by atoms with E-state index in [2.05, 4.69) is 130 Å². The second kappa shape index (κ2) is 12.3. The Kier molecular flexibility index (Phi) is 9.25. The predicted molar refractivity (Wildman–Crippen MR) is 151 cm³/mol. The van der Waals surface area contributed by atoms with Crippen LogP contribution in [0.1, 0.15) is 49.4 Å². The molecule has 4 aromatic carbocycles. The fourth-order valence-corrected chi connectivity index (χ4v) is 15.1. The zero-order valence-electron chi connectivity index (χ0n) is 22.1. The van der Waals surface area contributed by atoms with Crippen molar-refractivity contribution in [3.63, 3.8) is 0 Å². The van der Waals surface area contributed by atoms with Gasteiger partial charge in [0.05, 0.1) is 0 Å². The maximum absolute atomic E-state index is 2.54. The zero-order valence-corrected chi connectivity index (χ0v) is 26.1. The van der Waals surface area contributed by atoms with Crippen LogP contribution in [0.2, 0.25) is 0 Å². The third-order valence-electron chi connectivity index (χ3n) is 7.93. The molecule has 2 aliphatic rings. The second-order valence-electron chi connectivity index (χ2n) is 10.0. The van der Waals surface area contributed by atoms with Crippen LogP contribution in [0.3, 0.4) is 0 Å². The van der Waals surface area contributed by atoms with E-state index < -0.39 is 21.3 Å². The summed E-state index contributed by atoms with van der Waals surface area (Å²) in [4.78, 5) is 0. The predicted octanol–water partition coefficient (Wildman–Crippen LogP) is 2.15. The Morgan fingerprint density at radius 3 is 2.11 bits per heavy atom. The van der Waals surface area contributed by atoms with E-state index in [9.17, 15) is 0 Å². The molecule has 1 atom stereocenters. The van der Waals surface area contributed by atoms with Crippen molar-refractivity contribution in [3.8, 4) is 11.1 Å². The van der Waals surface area contributed by atoms with Crippen molar-refractivity contribution in [3.05, 3.63) is 140 Å². The maximum atomic E-state index is 2.54. The fraction of sp³-hybridized carbons (Fsp3) is 0.171. The Bertz CT molecular complexity index is 1550. The van der Waals surface area contributed by atoms with Gasteiger partial charge in [-0.1, -0.05) is 0 Å². The molecule has 4 aromatic rings. The van der Waals surface area contributed by atoms with Crippen LogP contribution in [0.5, 0.6) is 0 Å². The van der Waals surface area contributed by atoms with Crippen LogP contribution < -0.4 is 28.1 Å². The third kappa shape index (κ3) is 5.02. The number of fused-ring (bicyclic) bond motifs is 3. The smallest absolute Gasteiger partial charge is 1.00 e. The molecule has 0 aromatic heterocycles. The van der Waals surface area contributed by atoms with E-state index in [0.29, 0.717) is 5.92 Å². The molecule has 0 aliphatic heterocycles. The average Bonchev–Trinajstić information content (AvgIpc) is 3.45. The van der Waals surface area contributed by atoms with Crippen LogP contribution in [0, 0.1) is 5.92 Å². The van der Waals surface area contributed by atoms with Crippen LogP contribution in [0.15, 0.2) is 118 Å². The van der Waals surface area contributed by atoms with Gasteiger partial charge in [0.1, 0.15) is 0 Å². The van der Waals surface area contributed by atoms with Gasteiger partial charge in [-0.15, -0.1) is 0 Å². The van der Waals surface area contributed by atoms with Gasteiger partial charge in [0.25, 0.3) is 0 Å². The van der Waals surface area contributed by atoms with Crippen molar-refractivity contribution in [2.45, 2.75) is 33.6 Å². The Balaban J connectivity index is 0.00000168. The summed E-state index contributed by atoms with van der Waals surface area (Å²) in [6.45, 7) is 7.21. The monoisotopic (exact) mass is 612 g/mol. The first-order valence-corrected chi connectivity index (χ1v) is 16.8. The minimum absolute atomic E-state index is 0. The van der Waals surface area contributed by atoms with Crippen LogP contribution in [-0.4, -0.2) is 3.21 Å². The molecule has 38 heavy (non-hydrogen) atoms. The first-order valence-electron chi connectivity index (χ1n) is 13.1. The fourth-order valence-electron chi connectivity index (χ4n) is 6.32. The van der Waals surface area contributed by atoms with Gasteiger partial charge in [0, 0.05) is 0 Å². The van der Waals surface area contributed by atoms with E-state index in [1.54, 1.807) is 15.3 Å². The standard InChI is InChI=1S/C13H9.C13H13.C9H10.2ClH.Zr/c1-3-7-12-10(5-1)9-11-6-2-4-8-13(11)12;1-10-8-11(2)13(9-10)12-6-4-3-5-7-12;1-2-6-9-7-4-3-5-8-9;;;/h1-5,7-8H,9H2;3-7,9-10H,1-2H3;3-5,7-8H,2H2,1H3;2*1H;/q;;;;;+2/p-2. The first kappa shape index (κ1) is 28.7. The molecule has 0 saturated carbocycles. The van der Waals surface area contributed by atoms with Crippen LogP contribution in [-0.2, 0) is 27.7 Å². The number of hydrogen-bond acceptors (Lipinski definition) is 0. The number of allylic oxidation sites excluding steroid dienone is 4. The zero-order chi connectivity index (χ0) is 24.6. The normalized spacial score (nSPS) is 15.6.